The van der Waals surface area contributed by atoms with Gasteiger partial charge in [-0.15, -0.1) is 0 Å². The van der Waals surface area contributed by atoms with E-state index in [2.05, 4.69) is 5.32 Å². The number of nitrogens with zero attached hydrogens (tertiary/aromatic N) is 2. The number of nitrogens with one attached hydrogen (secondary N) is 1. The molecule has 152 valence electrons. The zero-order chi connectivity index (χ0) is 21.2. The molecule has 0 aliphatic carbocycles. The van der Waals surface area contributed by atoms with Crippen LogP contribution in [0.25, 0.3) is 0 Å². The van der Waals surface area contributed by atoms with Crippen molar-refractivity contribution in [2.75, 3.05) is 5.32 Å². The van der Waals surface area contributed by atoms with Crippen LogP contribution in [-0.4, -0.2) is 33.5 Å². The number of fused-ring (bicyclic) bond motifs is 1. The van der Waals surface area contributed by atoms with Crippen LogP contribution in [0.15, 0.2) is 48.5 Å². The molecule has 29 heavy (non-hydrogen) atoms. The normalized spacial score (nSPS) is 16.0. The number of nitro groups is 1. The lowest BCUT2D eigenvalue weighted by Crippen LogP contribution is -2.52. The molecule has 1 atom stereocenters. The van der Waals surface area contributed by atoms with Crippen molar-refractivity contribution < 1.29 is 19.2 Å². The van der Waals surface area contributed by atoms with Gasteiger partial charge in [0.2, 0.25) is 5.91 Å². The van der Waals surface area contributed by atoms with Crippen molar-refractivity contribution in [3.8, 4) is 0 Å². The van der Waals surface area contributed by atoms with Gasteiger partial charge in [0, 0.05) is 24.2 Å². The molecule has 1 aliphatic heterocycles. The number of nitro benzene ring substituents is 1. The van der Waals surface area contributed by atoms with Gasteiger partial charge in [0.1, 0.15) is 11.6 Å². The fourth-order valence-corrected chi connectivity index (χ4v) is 3.16. The van der Waals surface area contributed by atoms with Crippen molar-refractivity contribution in [3.63, 3.8) is 0 Å². The average Bonchev–Trinajstić information content (AvgIpc) is 2.66. The number of ether oxygens (including phenoxy) is 1. The molecule has 0 saturated heterocycles. The first-order valence-corrected chi connectivity index (χ1v) is 9.26. The van der Waals surface area contributed by atoms with Crippen LogP contribution in [0, 0.1) is 10.1 Å². The van der Waals surface area contributed by atoms with Crippen molar-refractivity contribution in [2.45, 2.75) is 45.4 Å². The third-order valence-corrected chi connectivity index (χ3v) is 4.52. The number of benzene rings is 2. The average molecular weight is 397 g/mol. The summed E-state index contributed by atoms with van der Waals surface area (Å²) < 4.78 is 5.50. The molecular weight excluding hydrogens is 374 g/mol. The lowest BCUT2D eigenvalue weighted by molar-refractivity contribution is -0.384. The van der Waals surface area contributed by atoms with Gasteiger partial charge in [0.25, 0.3) is 5.69 Å². The highest BCUT2D eigenvalue weighted by Gasteiger charge is 2.37. The molecule has 0 fully saturated rings. The van der Waals surface area contributed by atoms with E-state index in [0.29, 0.717) is 12.1 Å². The summed E-state index contributed by atoms with van der Waals surface area (Å²) in [5.74, 6) is -0.376. The summed E-state index contributed by atoms with van der Waals surface area (Å²) in [4.78, 5) is 37.5. The Bertz CT molecular complexity index is 934. The zero-order valence-electron chi connectivity index (χ0n) is 16.5. The number of carbonyl (C=O) groups is 2. The first-order chi connectivity index (χ1) is 13.6. The van der Waals surface area contributed by atoms with Gasteiger partial charge in [-0.2, -0.15) is 0 Å². The van der Waals surface area contributed by atoms with Gasteiger partial charge >= 0.3 is 6.09 Å². The first kappa shape index (κ1) is 20.3. The predicted molar refractivity (Wildman–Crippen MR) is 107 cm³/mol. The van der Waals surface area contributed by atoms with Crippen molar-refractivity contribution in [2.24, 2.45) is 0 Å². The molecule has 3 rings (SSSR count). The van der Waals surface area contributed by atoms with Crippen LogP contribution in [0.5, 0.6) is 0 Å². The van der Waals surface area contributed by atoms with E-state index in [0.717, 1.165) is 11.1 Å². The minimum absolute atomic E-state index is 0.0648. The summed E-state index contributed by atoms with van der Waals surface area (Å²) in [5, 5.41) is 13.5. The molecule has 1 aliphatic rings. The number of amides is 2. The van der Waals surface area contributed by atoms with E-state index < -0.39 is 22.7 Å². The Balaban J connectivity index is 1.83. The molecule has 0 radical (unpaired) electrons. The van der Waals surface area contributed by atoms with E-state index in [9.17, 15) is 19.7 Å². The van der Waals surface area contributed by atoms with E-state index in [1.165, 1.54) is 29.2 Å². The fraction of sp³-hybridized carbons (Fsp3) is 0.333. The Morgan fingerprint density at radius 3 is 2.31 bits per heavy atom. The monoisotopic (exact) mass is 397 g/mol. The highest BCUT2D eigenvalue weighted by Crippen LogP contribution is 2.26. The molecule has 1 heterocycles. The third-order valence-electron chi connectivity index (χ3n) is 4.52. The predicted octanol–water partition coefficient (Wildman–Crippen LogP) is 3.90. The molecule has 0 spiro atoms. The van der Waals surface area contributed by atoms with E-state index in [-0.39, 0.29) is 18.1 Å². The SMILES string of the molecule is CC(C)(C)OC(=O)N1Cc2ccccc2C[C@H]1C(=O)Nc1ccc([N+](=O)[O-])cc1. The van der Waals surface area contributed by atoms with Gasteiger partial charge in [0.05, 0.1) is 11.5 Å². The van der Waals surface area contributed by atoms with Crippen LogP contribution in [0.2, 0.25) is 0 Å². The molecule has 0 unspecified atom stereocenters. The molecule has 0 aromatic heterocycles. The molecule has 0 saturated carbocycles. The maximum atomic E-state index is 13.0. The summed E-state index contributed by atoms with van der Waals surface area (Å²) in [6.07, 6.45) is -0.204. The van der Waals surface area contributed by atoms with Crippen molar-refractivity contribution in [3.05, 3.63) is 69.8 Å². The molecule has 2 aromatic carbocycles. The van der Waals surface area contributed by atoms with E-state index >= 15 is 0 Å². The second-order valence-corrected chi connectivity index (χ2v) is 7.89. The maximum absolute atomic E-state index is 13.0. The van der Waals surface area contributed by atoms with Crippen LogP contribution in [0.4, 0.5) is 16.2 Å². The second kappa shape index (κ2) is 7.90. The number of non-ortho nitro benzene ring substituents is 1. The third kappa shape index (κ3) is 4.90. The van der Waals surface area contributed by atoms with Crippen molar-refractivity contribution >= 4 is 23.4 Å². The van der Waals surface area contributed by atoms with Gasteiger partial charge in [0.15, 0.2) is 0 Å². The van der Waals surface area contributed by atoms with Crippen LogP contribution in [-0.2, 0) is 22.5 Å². The molecule has 8 heteroatoms. The van der Waals surface area contributed by atoms with Crippen LogP contribution < -0.4 is 5.32 Å². The van der Waals surface area contributed by atoms with Crippen LogP contribution >= 0.6 is 0 Å². The Hall–Kier alpha value is -3.42. The molecule has 0 bridgehead atoms. The fourth-order valence-electron chi connectivity index (χ4n) is 3.16. The first-order valence-electron chi connectivity index (χ1n) is 9.26. The Morgan fingerprint density at radius 2 is 1.72 bits per heavy atom. The van der Waals surface area contributed by atoms with Gasteiger partial charge in [-0.3, -0.25) is 19.8 Å². The van der Waals surface area contributed by atoms with E-state index in [1.807, 2.05) is 24.3 Å². The lowest BCUT2D eigenvalue weighted by Gasteiger charge is -2.36. The minimum Gasteiger partial charge on any atom is -0.444 e. The second-order valence-electron chi connectivity index (χ2n) is 7.89. The summed E-state index contributed by atoms with van der Waals surface area (Å²) in [6, 6.07) is 12.5. The number of carbonyl (C=O) groups excluding carboxylic acids is 2. The minimum atomic E-state index is -0.755. The Kier molecular flexibility index (Phi) is 5.54. The van der Waals surface area contributed by atoms with E-state index in [4.69, 9.17) is 4.74 Å². The van der Waals surface area contributed by atoms with Gasteiger partial charge in [-0.1, -0.05) is 24.3 Å². The molecule has 2 aromatic rings. The smallest absolute Gasteiger partial charge is 0.411 e. The highest BCUT2D eigenvalue weighted by atomic mass is 16.6. The molecule has 8 nitrogen and oxygen atoms in total. The van der Waals surface area contributed by atoms with Gasteiger partial charge in [-0.25, -0.2) is 4.79 Å². The zero-order valence-corrected chi connectivity index (χ0v) is 16.5. The summed E-state index contributed by atoms with van der Waals surface area (Å²) in [5.41, 5.74) is 1.63. The summed E-state index contributed by atoms with van der Waals surface area (Å²) in [6.45, 7) is 5.58. The largest absolute Gasteiger partial charge is 0.444 e. The maximum Gasteiger partial charge on any atom is 0.411 e. The number of anilines is 1. The van der Waals surface area contributed by atoms with Gasteiger partial charge < -0.3 is 10.1 Å². The van der Waals surface area contributed by atoms with Crippen molar-refractivity contribution in [1.82, 2.24) is 4.90 Å². The quantitative estimate of drug-likeness (QED) is 0.625. The molecule has 2 amide bonds. The number of rotatable bonds is 3. The van der Waals surface area contributed by atoms with E-state index in [1.54, 1.807) is 20.8 Å². The number of hydrogen-bond donors (Lipinski definition) is 1. The standard InChI is InChI=1S/C21H23N3O5/c1-21(2,3)29-20(26)23-13-15-7-5-4-6-14(15)12-18(23)19(25)22-16-8-10-17(11-9-16)24(27)28/h4-11,18H,12-13H2,1-3H3,(H,22,25)/t18-/m0/s1. The molecular formula is C21H23N3O5. The van der Waals surface area contributed by atoms with Crippen LogP contribution in [0.3, 0.4) is 0 Å². The summed E-state index contributed by atoms with van der Waals surface area (Å²) in [7, 11) is 0. The Labute approximate surface area is 168 Å². The lowest BCUT2D eigenvalue weighted by atomic mass is 9.93. The number of hydrogen-bond acceptors (Lipinski definition) is 5. The van der Waals surface area contributed by atoms with Crippen molar-refractivity contribution in [1.29, 1.82) is 0 Å². The van der Waals surface area contributed by atoms with Crippen LogP contribution in [0.1, 0.15) is 31.9 Å². The Morgan fingerprint density at radius 1 is 1.10 bits per heavy atom. The molecule has 1 N–H and O–H groups in total. The summed E-state index contributed by atoms with van der Waals surface area (Å²) >= 11 is 0. The highest BCUT2D eigenvalue weighted by molar-refractivity contribution is 5.97. The van der Waals surface area contributed by atoms with Gasteiger partial charge in [-0.05, 0) is 44.0 Å². The topological polar surface area (TPSA) is 102 Å².